The van der Waals surface area contributed by atoms with Crippen LogP contribution in [0.15, 0.2) is 47.4 Å². The Morgan fingerprint density at radius 1 is 1.12 bits per heavy atom. The van der Waals surface area contributed by atoms with Crippen molar-refractivity contribution in [1.29, 1.82) is 0 Å². The minimum atomic E-state index is -0.787. The number of phenolic OH excluding ortho intramolecular Hbond substituents is 1. The molecule has 5 heteroatoms. The third-order valence-corrected chi connectivity index (χ3v) is 4.25. The molecule has 0 aliphatic heterocycles. The first kappa shape index (κ1) is 16.9. The quantitative estimate of drug-likeness (QED) is 0.676. The van der Waals surface area contributed by atoms with Crippen LogP contribution in [0.5, 0.6) is 17.2 Å². The Kier molecular flexibility index (Phi) is 4.42. The van der Waals surface area contributed by atoms with Crippen LogP contribution in [0.4, 0.5) is 0 Å². The molecule has 3 aromatic rings. The van der Waals surface area contributed by atoms with E-state index in [9.17, 15) is 10.2 Å². The Hall–Kier alpha value is -2.92. The van der Waals surface area contributed by atoms with Crippen molar-refractivity contribution in [2.24, 2.45) is 0 Å². The molecule has 0 radical (unpaired) electrons. The van der Waals surface area contributed by atoms with E-state index in [0.717, 1.165) is 16.5 Å². The summed E-state index contributed by atoms with van der Waals surface area (Å²) < 4.78 is 16.6. The second-order valence-corrected chi connectivity index (χ2v) is 5.72. The van der Waals surface area contributed by atoms with Gasteiger partial charge in [-0.15, -0.1) is 6.58 Å². The van der Waals surface area contributed by atoms with E-state index in [0.29, 0.717) is 28.4 Å². The zero-order valence-corrected chi connectivity index (χ0v) is 14.4. The van der Waals surface area contributed by atoms with Crippen LogP contribution in [0.2, 0.25) is 0 Å². The van der Waals surface area contributed by atoms with Crippen LogP contribution in [0.1, 0.15) is 17.2 Å². The zero-order valence-electron chi connectivity index (χ0n) is 14.4. The van der Waals surface area contributed by atoms with Crippen LogP contribution in [-0.4, -0.2) is 24.4 Å². The van der Waals surface area contributed by atoms with E-state index in [4.69, 9.17) is 13.9 Å². The molecule has 2 N–H and O–H groups in total. The van der Waals surface area contributed by atoms with Gasteiger partial charge in [0, 0.05) is 16.5 Å². The number of aromatic hydroxyl groups is 1. The number of aliphatic hydroxyl groups excluding tert-OH is 1. The number of hydrogen-bond acceptors (Lipinski definition) is 5. The summed E-state index contributed by atoms with van der Waals surface area (Å²) >= 11 is 0. The van der Waals surface area contributed by atoms with Gasteiger partial charge >= 0.3 is 0 Å². The largest absolute Gasteiger partial charge is 0.504 e. The minimum absolute atomic E-state index is 0.0639. The van der Waals surface area contributed by atoms with E-state index in [-0.39, 0.29) is 5.75 Å². The summed E-state index contributed by atoms with van der Waals surface area (Å²) in [5, 5.41) is 20.7. The van der Waals surface area contributed by atoms with E-state index in [1.165, 1.54) is 13.2 Å². The van der Waals surface area contributed by atoms with Gasteiger partial charge in [-0.2, -0.15) is 0 Å². The van der Waals surface area contributed by atoms with Crippen molar-refractivity contribution in [2.75, 3.05) is 14.2 Å². The summed E-state index contributed by atoms with van der Waals surface area (Å²) in [5.74, 6) is 1.62. The van der Waals surface area contributed by atoms with Gasteiger partial charge in [-0.1, -0.05) is 6.08 Å². The highest BCUT2D eigenvalue weighted by molar-refractivity contribution is 5.92. The fourth-order valence-electron chi connectivity index (χ4n) is 2.86. The van der Waals surface area contributed by atoms with Gasteiger partial charge in [0.05, 0.1) is 20.3 Å². The van der Waals surface area contributed by atoms with Gasteiger partial charge < -0.3 is 24.1 Å². The van der Waals surface area contributed by atoms with E-state index in [1.54, 1.807) is 31.4 Å². The molecule has 0 aliphatic carbocycles. The van der Waals surface area contributed by atoms with Crippen molar-refractivity contribution in [3.8, 4) is 28.6 Å². The third-order valence-electron chi connectivity index (χ3n) is 4.25. The maximum Gasteiger partial charge on any atom is 0.176 e. The van der Waals surface area contributed by atoms with Gasteiger partial charge in [-0.05, 0) is 42.8 Å². The molecule has 2 aromatic carbocycles. The van der Waals surface area contributed by atoms with E-state index >= 15 is 0 Å². The molecular weight excluding hydrogens is 320 g/mol. The van der Waals surface area contributed by atoms with Gasteiger partial charge in [0.2, 0.25) is 0 Å². The number of aryl methyl sites for hydroxylation is 1. The van der Waals surface area contributed by atoms with Crippen LogP contribution in [0.3, 0.4) is 0 Å². The zero-order chi connectivity index (χ0) is 18.1. The summed E-state index contributed by atoms with van der Waals surface area (Å²) in [7, 11) is 3.05. The van der Waals surface area contributed by atoms with Gasteiger partial charge in [0.1, 0.15) is 5.76 Å². The fraction of sp³-hybridized carbons (Fsp3) is 0.200. The first-order chi connectivity index (χ1) is 12.0. The summed E-state index contributed by atoms with van der Waals surface area (Å²) in [6.45, 7) is 5.56. The Balaban J connectivity index is 2.24. The van der Waals surface area contributed by atoms with E-state index < -0.39 is 6.10 Å². The average Bonchev–Trinajstić information content (AvgIpc) is 2.97. The molecule has 1 aromatic heterocycles. The summed E-state index contributed by atoms with van der Waals surface area (Å²) in [5.41, 5.74) is 2.95. The highest BCUT2D eigenvalue weighted by Crippen LogP contribution is 2.41. The predicted octanol–water partition coefficient (Wildman–Crippen LogP) is 4.35. The Morgan fingerprint density at radius 3 is 2.48 bits per heavy atom. The lowest BCUT2D eigenvalue weighted by Crippen LogP contribution is -1.94. The van der Waals surface area contributed by atoms with Crippen molar-refractivity contribution in [3.05, 3.63) is 54.1 Å². The van der Waals surface area contributed by atoms with Crippen LogP contribution in [0, 0.1) is 6.92 Å². The molecule has 0 spiro atoms. The molecule has 0 amide bonds. The number of aliphatic hydroxyl groups is 1. The van der Waals surface area contributed by atoms with Gasteiger partial charge in [0.25, 0.3) is 0 Å². The molecule has 0 aliphatic rings. The molecule has 3 rings (SSSR count). The number of methoxy groups -OCH3 is 2. The lowest BCUT2D eigenvalue weighted by Gasteiger charge is -2.08. The lowest BCUT2D eigenvalue weighted by atomic mass is 10.0. The van der Waals surface area contributed by atoms with Crippen LogP contribution >= 0.6 is 0 Å². The first-order valence-corrected chi connectivity index (χ1v) is 7.79. The van der Waals surface area contributed by atoms with Crippen molar-refractivity contribution < 1.29 is 24.1 Å². The molecular formula is C20H20O5. The normalized spacial score (nSPS) is 12.2. The third kappa shape index (κ3) is 2.83. The molecule has 5 nitrogen and oxygen atoms in total. The van der Waals surface area contributed by atoms with Crippen molar-refractivity contribution in [1.82, 2.24) is 0 Å². The Bertz CT molecular complexity index is 939. The average molecular weight is 340 g/mol. The maximum atomic E-state index is 10.1. The van der Waals surface area contributed by atoms with Crippen molar-refractivity contribution in [2.45, 2.75) is 13.0 Å². The first-order valence-electron chi connectivity index (χ1n) is 7.79. The number of ether oxygens (including phenoxy) is 2. The number of furan rings is 1. The number of hydrogen-bond donors (Lipinski definition) is 2. The second-order valence-electron chi connectivity index (χ2n) is 5.72. The van der Waals surface area contributed by atoms with Gasteiger partial charge in [-0.3, -0.25) is 0 Å². The maximum absolute atomic E-state index is 10.1. The molecule has 1 heterocycles. The highest BCUT2D eigenvalue weighted by Gasteiger charge is 2.19. The predicted molar refractivity (Wildman–Crippen MR) is 96.3 cm³/mol. The van der Waals surface area contributed by atoms with Gasteiger partial charge in [-0.25, -0.2) is 0 Å². The Morgan fingerprint density at radius 2 is 1.84 bits per heavy atom. The smallest absolute Gasteiger partial charge is 0.176 e. The molecule has 0 saturated carbocycles. The second kappa shape index (κ2) is 6.53. The Labute approximate surface area is 145 Å². The van der Waals surface area contributed by atoms with Crippen LogP contribution in [-0.2, 0) is 0 Å². The molecule has 25 heavy (non-hydrogen) atoms. The fourth-order valence-corrected chi connectivity index (χ4v) is 2.86. The summed E-state index contributed by atoms with van der Waals surface area (Å²) in [4.78, 5) is 0. The number of fused-ring (bicyclic) bond motifs is 1. The molecule has 1 atom stereocenters. The van der Waals surface area contributed by atoms with E-state index in [1.807, 2.05) is 13.0 Å². The molecule has 0 saturated heterocycles. The summed E-state index contributed by atoms with van der Waals surface area (Å²) in [6, 6.07) is 8.63. The molecule has 0 bridgehead atoms. The van der Waals surface area contributed by atoms with Gasteiger partial charge in [0.15, 0.2) is 22.8 Å². The monoisotopic (exact) mass is 340 g/mol. The van der Waals surface area contributed by atoms with E-state index in [2.05, 4.69) is 6.58 Å². The van der Waals surface area contributed by atoms with Crippen LogP contribution in [0.25, 0.3) is 22.3 Å². The minimum Gasteiger partial charge on any atom is -0.504 e. The molecule has 0 fully saturated rings. The standard InChI is InChI=1S/C20H20O5/c1-5-15(21)13-8-14-11(2)19(25-20(14)18(10-13)24-4)12-6-7-16(22)17(9-12)23-3/h5-10,15,21-22H,1H2,2-4H3/t15-/m1/s1. The summed E-state index contributed by atoms with van der Waals surface area (Å²) in [6.07, 6.45) is 0.673. The van der Waals surface area contributed by atoms with Crippen molar-refractivity contribution >= 4 is 11.0 Å². The van der Waals surface area contributed by atoms with Crippen molar-refractivity contribution in [3.63, 3.8) is 0 Å². The number of phenols is 1. The lowest BCUT2D eigenvalue weighted by molar-refractivity contribution is 0.228. The number of benzene rings is 2. The van der Waals surface area contributed by atoms with Crippen LogP contribution < -0.4 is 9.47 Å². The molecule has 130 valence electrons. The molecule has 0 unspecified atom stereocenters. The SMILES string of the molecule is C=C[C@@H](O)c1cc(OC)c2oc(-c3ccc(O)c(OC)c3)c(C)c2c1. The topological polar surface area (TPSA) is 72.1 Å². The highest BCUT2D eigenvalue weighted by atomic mass is 16.5. The number of rotatable bonds is 5.